The number of carbonyl (C=O) groups is 3. The molecule has 0 saturated carbocycles. The summed E-state index contributed by atoms with van der Waals surface area (Å²) in [5.41, 5.74) is 0.834. The Morgan fingerprint density at radius 2 is 1.77 bits per heavy atom. The highest BCUT2D eigenvalue weighted by atomic mass is 19.1. The number of halogens is 1. The van der Waals surface area contributed by atoms with Crippen LogP contribution < -0.4 is 10.6 Å². The highest BCUT2D eigenvalue weighted by Crippen LogP contribution is 2.21. The maximum Gasteiger partial charge on any atom is 0.342 e. The third-order valence-electron chi connectivity index (χ3n) is 3.37. The van der Waals surface area contributed by atoms with Gasteiger partial charge in [0.05, 0.1) is 6.54 Å². The minimum absolute atomic E-state index is 0.0492. The molecule has 7 nitrogen and oxygen atoms in total. The zero-order valence-corrected chi connectivity index (χ0v) is 13.9. The van der Waals surface area contributed by atoms with Crippen LogP contribution in [0.3, 0.4) is 0 Å². The first-order valence-electron chi connectivity index (χ1n) is 7.64. The van der Waals surface area contributed by atoms with Crippen molar-refractivity contribution in [2.45, 2.75) is 6.92 Å². The molecule has 0 aliphatic rings. The van der Waals surface area contributed by atoms with Crippen molar-refractivity contribution in [2.75, 3.05) is 18.5 Å². The van der Waals surface area contributed by atoms with E-state index in [1.54, 1.807) is 19.1 Å². The Morgan fingerprint density at radius 3 is 2.46 bits per heavy atom. The molecular formula is C18H17FN2O5. The summed E-state index contributed by atoms with van der Waals surface area (Å²) in [5, 5.41) is 14.5. The Bertz CT molecular complexity index is 821. The Labute approximate surface area is 148 Å². The quantitative estimate of drug-likeness (QED) is 0.681. The zero-order chi connectivity index (χ0) is 19.1. The van der Waals surface area contributed by atoms with Crippen LogP contribution >= 0.6 is 0 Å². The number of hydrogen-bond donors (Lipinski definition) is 3. The summed E-state index contributed by atoms with van der Waals surface area (Å²) >= 11 is 0. The lowest BCUT2D eigenvalue weighted by Crippen LogP contribution is -2.35. The number of amides is 2. The van der Waals surface area contributed by atoms with Gasteiger partial charge < -0.3 is 20.5 Å². The molecule has 0 unspecified atom stereocenters. The molecule has 0 heterocycles. The number of aryl methyl sites for hydroxylation is 1. The summed E-state index contributed by atoms with van der Waals surface area (Å²) in [4.78, 5) is 35.2. The van der Waals surface area contributed by atoms with Crippen LogP contribution in [-0.4, -0.2) is 36.0 Å². The molecule has 26 heavy (non-hydrogen) atoms. The number of ether oxygens (including phenoxy) is 1. The van der Waals surface area contributed by atoms with E-state index in [4.69, 9.17) is 4.74 Å². The van der Waals surface area contributed by atoms with Crippen LogP contribution in [0.5, 0.6) is 5.75 Å². The highest BCUT2D eigenvalue weighted by Gasteiger charge is 2.15. The molecule has 0 bridgehead atoms. The number of aromatic hydroxyl groups is 1. The monoisotopic (exact) mass is 360 g/mol. The van der Waals surface area contributed by atoms with Gasteiger partial charge in [-0.15, -0.1) is 0 Å². The average molecular weight is 360 g/mol. The van der Waals surface area contributed by atoms with Gasteiger partial charge >= 0.3 is 5.97 Å². The van der Waals surface area contributed by atoms with E-state index in [1.165, 1.54) is 30.3 Å². The number of esters is 1. The summed E-state index contributed by atoms with van der Waals surface area (Å²) in [6.45, 7) is 0.679. The summed E-state index contributed by atoms with van der Waals surface area (Å²) in [5.74, 6) is -2.70. The van der Waals surface area contributed by atoms with Crippen molar-refractivity contribution in [3.8, 4) is 5.75 Å². The van der Waals surface area contributed by atoms with E-state index in [2.05, 4.69) is 10.6 Å². The smallest absolute Gasteiger partial charge is 0.342 e. The van der Waals surface area contributed by atoms with Crippen LogP contribution in [0.2, 0.25) is 0 Å². The Balaban J connectivity index is 1.76. The molecule has 0 atom stereocenters. The number of nitrogens with one attached hydrogen (secondary N) is 2. The van der Waals surface area contributed by atoms with Crippen molar-refractivity contribution < 1.29 is 28.6 Å². The van der Waals surface area contributed by atoms with E-state index in [1.807, 2.05) is 0 Å². The second-order valence-electron chi connectivity index (χ2n) is 5.38. The second kappa shape index (κ2) is 8.61. The van der Waals surface area contributed by atoms with Crippen molar-refractivity contribution in [3.63, 3.8) is 0 Å². The molecule has 0 saturated heterocycles. The fourth-order valence-electron chi connectivity index (χ4n) is 2.00. The van der Waals surface area contributed by atoms with E-state index in [9.17, 15) is 23.9 Å². The maximum absolute atomic E-state index is 12.8. The SMILES string of the molecule is Cc1cccc(C(=O)OCC(=O)NCC(=O)Nc2ccc(F)cc2)c1O. The number of para-hydroxylation sites is 1. The fraction of sp³-hybridized carbons (Fsp3) is 0.167. The standard InChI is InChI=1S/C18H17FN2O5/c1-11-3-2-4-14(17(11)24)18(25)26-10-16(23)20-9-15(22)21-13-7-5-12(19)6-8-13/h2-8,24H,9-10H2,1H3,(H,20,23)(H,21,22). The highest BCUT2D eigenvalue weighted by molar-refractivity contribution is 5.96. The Hall–Kier alpha value is -3.42. The fourth-order valence-corrected chi connectivity index (χ4v) is 2.00. The van der Waals surface area contributed by atoms with Crippen molar-refractivity contribution in [2.24, 2.45) is 0 Å². The second-order valence-corrected chi connectivity index (χ2v) is 5.38. The molecule has 0 radical (unpaired) electrons. The normalized spacial score (nSPS) is 10.1. The van der Waals surface area contributed by atoms with Gasteiger partial charge in [-0.1, -0.05) is 12.1 Å². The first-order valence-corrected chi connectivity index (χ1v) is 7.64. The number of rotatable bonds is 6. The molecule has 0 aliphatic heterocycles. The van der Waals surface area contributed by atoms with Gasteiger partial charge in [0.1, 0.15) is 17.1 Å². The van der Waals surface area contributed by atoms with Crippen LogP contribution in [-0.2, 0) is 14.3 Å². The predicted octanol–water partition coefficient (Wildman–Crippen LogP) is 1.75. The maximum atomic E-state index is 12.8. The van der Waals surface area contributed by atoms with Gasteiger partial charge in [0.2, 0.25) is 5.91 Å². The van der Waals surface area contributed by atoms with Gasteiger partial charge in [0, 0.05) is 5.69 Å². The first-order chi connectivity index (χ1) is 12.4. The number of carbonyl (C=O) groups excluding carboxylic acids is 3. The average Bonchev–Trinajstić information content (AvgIpc) is 2.62. The van der Waals surface area contributed by atoms with Crippen molar-refractivity contribution in [1.82, 2.24) is 5.32 Å². The van der Waals surface area contributed by atoms with E-state index in [0.717, 1.165) is 0 Å². The number of phenols is 1. The largest absolute Gasteiger partial charge is 0.507 e. The zero-order valence-electron chi connectivity index (χ0n) is 13.9. The van der Waals surface area contributed by atoms with Crippen LogP contribution in [0.1, 0.15) is 15.9 Å². The first kappa shape index (κ1) is 18.9. The molecule has 0 aromatic heterocycles. The molecule has 2 aromatic rings. The van der Waals surface area contributed by atoms with Gasteiger partial charge in [-0.2, -0.15) is 0 Å². The van der Waals surface area contributed by atoms with Crippen LogP contribution in [0.15, 0.2) is 42.5 Å². The van der Waals surface area contributed by atoms with Crippen molar-refractivity contribution >= 4 is 23.5 Å². The van der Waals surface area contributed by atoms with E-state index in [0.29, 0.717) is 11.3 Å². The molecule has 8 heteroatoms. The molecule has 2 amide bonds. The molecule has 0 fully saturated rings. The van der Waals surface area contributed by atoms with Crippen LogP contribution in [0.4, 0.5) is 10.1 Å². The van der Waals surface area contributed by atoms with E-state index in [-0.39, 0.29) is 17.9 Å². The summed E-state index contributed by atoms with van der Waals surface area (Å²) in [7, 11) is 0. The topological polar surface area (TPSA) is 105 Å². The summed E-state index contributed by atoms with van der Waals surface area (Å²) in [6, 6.07) is 9.71. The van der Waals surface area contributed by atoms with E-state index < -0.39 is 30.2 Å². The Morgan fingerprint density at radius 1 is 1.08 bits per heavy atom. The van der Waals surface area contributed by atoms with Gasteiger partial charge in [0.15, 0.2) is 6.61 Å². The van der Waals surface area contributed by atoms with Crippen molar-refractivity contribution in [3.05, 3.63) is 59.4 Å². The minimum atomic E-state index is -0.850. The van der Waals surface area contributed by atoms with Gasteiger partial charge in [-0.05, 0) is 42.8 Å². The summed E-state index contributed by atoms with van der Waals surface area (Å²) < 4.78 is 17.6. The molecule has 0 spiro atoms. The van der Waals surface area contributed by atoms with Crippen molar-refractivity contribution in [1.29, 1.82) is 0 Å². The van der Waals surface area contributed by atoms with E-state index >= 15 is 0 Å². The third kappa shape index (κ3) is 5.30. The molecule has 0 aliphatic carbocycles. The van der Waals surface area contributed by atoms with Gasteiger partial charge in [0.25, 0.3) is 5.91 Å². The Kier molecular flexibility index (Phi) is 6.26. The summed E-state index contributed by atoms with van der Waals surface area (Å²) in [6.07, 6.45) is 0. The number of benzene rings is 2. The van der Waals surface area contributed by atoms with Gasteiger partial charge in [-0.25, -0.2) is 9.18 Å². The molecule has 2 rings (SSSR count). The van der Waals surface area contributed by atoms with Crippen LogP contribution in [0, 0.1) is 12.7 Å². The predicted molar refractivity (Wildman–Crippen MR) is 91.2 cm³/mol. The molecular weight excluding hydrogens is 343 g/mol. The lowest BCUT2D eigenvalue weighted by atomic mass is 10.1. The molecule has 3 N–H and O–H groups in total. The molecule has 136 valence electrons. The molecule has 2 aromatic carbocycles. The van der Waals surface area contributed by atoms with Gasteiger partial charge in [-0.3, -0.25) is 9.59 Å². The number of anilines is 1. The lowest BCUT2D eigenvalue weighted by molar-refractivity contribution is -0.126. The number of hydrogen-bond acceptors (Lipinski definition) is 5. The lowest BCUT2D eigenvalue weighted by Gasteiger charge is -2.09. The third-order valence-corrected chi connectivity index (χ3v) is 3.37. The van der Waals surface area contributed by atoms with Crippen LogP contribution in [0.25, 0.3) is 0 Å². The minimum Gasteiger partial charge on any atom is -0.507 e. The number of phenolic OH excluding ortho intramolecular Hbond substituents is 1.